The standard InChI is InChI=1S/C17H13ClO4/c18-9-5-6-12-13(7-9)16(21)8-14(15(19)20)17(12,22)11-4-2-1-3-10(11)16/h1-7,14,21-22H,8H2,(H,19,20). The van der Waals surface area contributed by atoms with Crippen LogP contribution in [0.25, 0.3) is 0 Å². The van der Waals surface area contributed by atoms with Crippen molar-refractivity contribution in [1.29, 1.82) is 0 Å². The molecule has 3 unspecified atom stereocenters. The molecule has 3 aliphatic carbocycles. The summed E-state index contributed by atoms with van der Waals surface area (Å²) in [4.78, 5) is 11.7. The smallest absolute Gasteiger partial charge is 0.310 e. The van der Waals surface area contributed by atoms with Crippen molar-refractivity contribution in [2.45, 2.75) is 17.6 Å². The second kappa shape index (κ2) is 4.10. The number of fused-ring (bicyclic) bond motifs is 1. The Balaban J connectivity index is 2.14. The van der Waals surface area contributed by atoms with Gasteiger partial charge in [-0.15, -0.1) is 0 Å². The fourth-order valence-corrected chi connectivity index (χ4v) is 4.13. The molecule has 0 heterocycles. The molecule has 2 bridgehead atoms. The molecule has 2 aromatic carbocycles. The van der Waals surface area contributed by atoms with E-state index < -0.39 is 23.1 Å². The number of carboxylic acid groups (broad SMARTS) is 1. The minimum absolute atomic E-state index is 0.0802. The highest BCUT2D eigenvalue weighted by Crippen LogP contribution is 2.59. The average Bonchev–Trinajstić information content (AvgIpc) is 2.50. The largest absolute Gasteiger partial charge is 0.481 e. The van der Waals surface area contributed by atoms with Crippen molar-refractivity contribution < 1.29 is 20.1 Å². The Bertz CT molecular complexity index is 818. The van der Waals surface area contributed by atoms with Crippen LogP contribution in [-0.2, 0) is 16.0 Å². The maximum atomic E-state index is 11.7. The van der Waals surface area contributed by atoms with E-state index in [4.69, 9.17) is 11.6 Å². The first kappa shape index (κ1) is 13.8. The molecule has 3 aliphatic rings. The Morgan fingerprint density at radius 1 is 1.05 bits per heavy atom. The Morgan fingerprint density at radius 2 is 1.68 bits per heavy atom. The molecule has 5 heteroatoms. The number of carboxylic acids is 1. The molecule has 22 heavy (non-hydrogen) atoms. The predicted octanol–water partition coefficient (Wildman–Crippen LogP) is 2.23. The number of carbonyl (C=O) groups is 1. The minimum Gasteiger partial charge on any atom is -0.481 e. The van der Waals surface area contributed by atoms with Crippen molar-refractivity contribution >= 4 is 17.6 Å². The van der Waals surface area contributed by atoms with E-state index in [1.807, 2.05) is 0 Å². The fraction of sp³-hybridized carbons (Fsp3) is 0.235. The first-order chi connectivity index (χ1) is 10.4. The van der Waals surface area contributed by atoms with Gasteiger partial charge in [-0.25, -0.2) is 0 Å². The van der Waals surface area contributed by atoms with E-state index in [2.05, 4.69) is 0 Å². The molecule has 0 amide bonds. The van der Waals surface area contributed by atoms with Gasteiger partial charge in [-0.1, -0.05) is 41.9 Å². The van der Waals surface area contributed by atoms with Gasteiger partial charge in [0.1, 0.15) is 11.2 Å². The summed E-state index contributed by atoms with van der Waals surface area (Å²) in [6.07, 6.45) is -0.0802. The summed E-state index contributed by atoms with van der Waals surface area (Å²) in [6.45, 7) is 0. The van der Waals surface area contributed by atoms with Gasteiger partial charge in [-0.05, 0) is 34.4 Å². The second-order valence-corrected chi connectivity index (χ2v) is 6.39. The normalized spacial score (nSPS) is 31.5. The van der Waals surface area contributed by atoms with Crippen LogP contribution >= 0.6 is 11.6 Å². The van der Waals surface area contributed by atoms with E-state index in [0.717, 1.165) is 0 Å². The number of benzene rings is 2. The first-order valence-electron chi connectivity index (χ1n) is 6.97. The molecule has 0 spiro atoms. The van der Waals surface area contributed by atoms with Gasteiger partial charge in [-0.2, -0.15) is 0 Å². The van der Waals surface area contributed by atoms with E-state index in [1.54, 1.807) is 42.5 Å². The zero-order valence-corrected chi connectivity index (χ0v) is 12.2. The molecule has 3 atom stereocenters. The topological polar surface area (TPSA) is 77.8 Å². The van der Waals surface area contributed by atoms with Crippen LogP contribution in [0, 0.1) is 5.92 Å². The van der Waals surface area contributed by atoms with Crippen LogP contribution in [0.1, 0.15) is 28.7 Å². The van der Waals surface area contributed by atoms with Crippen molar-refractivity contribution in [2.75, 3.05) is 0 Å². The second-order valence-electron chi connectivity index (χ2n) is 5.96. The summed E-state index contributed by atoms with van der Waals surface area (Å²) < 4.78 is 0. The van der Waals surface area contributed by atoms with E-state index >= 15 is 0 Å². The summed E-state index contributed by atoms with van der Waals surface area (Å²) in [5.41, 5.74) is -1.22. The van der Waals surface area contributed by atoms with Gasteiger partial charge in [-0.3, -0.25) is 4.79 Å². The molecule has 0 aliphatic heterocycles. The van der Waals surface area contributed by atoms with E-state index in [0.29, 0.717) is 27.3 Å². The third kappa shape index (κ3) is 1.42. The third-order valence-electron chi connectivity index (χ3n) is 4.92. The van der Waals surface area contributed by atoms with Crippen LogP contribution in [-0.4, -0.2) is 21.3 Å². The Labute approximate surface area is 131 Å². The van der Waals surface area contributed by atoms with Gasteiger partial charge in [0.15, 0.2) is 0 Å². The molecular formula is C17H13ClO4. The highest BCUT2D eigenvalue weighted by molar-refractivity contribution is 6.30. The maximum Gasteiger partial charge on any atom is 0.310 e. The fourth-order valence-electron chi connectivity index (χ4n) is 3.96. The zero-order valence-electron chi connectivity index (χ0n) is 11.5. The van der Waals surface area contributed by atoms with E-state index in [9.17, 15) is 20.1 Å². The van der Waals surface area contributed by atoms with Gasteiger partial charge in [0.2, 0.25) is 0 Å². The quantitative estimate of drug-likeness (QED) is 0.754. The molecule has 3 N–H and O–H groups in total. The summed E-state index contributed by atoms with van der Waals surface area (Å²) in [5.74, 6) is -2.24. The number of hydrogen-bond donors (Lipinski definition) is 3. The maximum absolute atomic E-state index is 11.7. The van der Waals surface area contributed by atoms with Crippen molar-refractivity contribution in [3.8, 4) is 0 Å². The van der Waals surface area contributed by atoms with Gasteiger partial charge < -0.3 is 15.3 Å². The lowest BCUT2D eigenvalue weighted by Gasteiger charge is -2.53. The summed E-state index contributed by atoms with van der Waals surface area (Å²) in [5, 5.41) is 32.6. The average molecular weight is 317 g/mol. The zero-order chi connectivity index (χ0) is 15.7. The van der Waals surface area contributed by atoms with Crippen LogP contribution in [0.4, 0.5) is 0 Å². The van der Waals surface area contributed by atoms with Gasteiger partial charge in [0.25, 0.3) is 0 Å². The van der Waals surface area contributed by atoms with Gasteiger partial charge in [0, 0.05) is 11.4 Å². The molecule has 112 valence electrons. The molecule has 0 saturated heterocycles. The van der Waals surface area contributed by atoms with E-state index in [-0.39, 0.29) is 6.42 Å². The highest BCUT2D eigenvalue weighted by atomic mass is 35.5. The number of aliphatic carboxylic acids is 1. The minimum atomic E-state index is -1.66. The molecule has 0 fully saturated rings. The van der Waals surface area contributed by atoms with E-state index in [1.165, 1.54) is 0 Å². The third-order valence-corrected chi connectivity index (χ3v) is 5.16. The molecule has 5 rings (SSSR count). The van der Waals surface area contributed by atoms with Crippen molar-refractivity contribution in [1.82, 2.24) is 0 Å². The van der Waals surface area contributed by atoms with Crippen LogP contribution in [0.2, 0.25) is 5.02 Å². The monoisotopic (exact) mass is 316 g/mol. The molecule has 0 aromatic heterocycles. The molecule has 0 saturated carbocycles. The Morgan fingerprint density at radius 3 is 2.36 bits per heavy atom. The summed E-state index contributed by atoms with van der Waals surface area (Å²) in [6, 6.07) is 11.7. The molecule has 4 nitrogen and oxygen atoms in total. The SMILES string of the molecule is O=C(O)C1CC2(O)c3ccccc3C1(O)c1ccc(Cl)cc12. The molecule has 2 aromatic rings. The van der Waals surface area contributed by atoms with Crippen LogP contribution < -0.4 is 0 Å². The number of hydrogen-bond acceptors (Lipinski definition) is 3. The Hall–Kier alpha value is -1.88. The molecular weight excluding hydrogens is 304 g/mol. The lowest BCUT2D eigenvalue weighted by molar-refractivity contribution is -0.160. The number of rotatable bonds is 1. The highest BCUT2D eigenvalue weighted by Gasteiger charge is 2.61. The van der Waals surface area contributed by atoms with Crippen molar-refractivity contribution in [2.24, 2.45) is 5.92 Å². The van der Waals surface area contributed by atoms with Crippen LogP contribution in [0.5, 0.6) is 0 Å². The summed E-state index contributed by atoms with van der Waals surface area (Å²) in [7, 11) is 0. The van der Waals surface area contributed by atoms with Crippen LogP contribution in [0.3, 0.4) is 0 Å². The summed E-state index contributed by atoms with van der Waals surface area (Å²) >= 11 is 6.04. The van der Waals surface area contributed by atoms with Gasteiger partial charge >= 0.3 is 5.97 Å². The Kier molecular flexibility index (Phi) is 2.57. The first-order valence-corrected chi connectivity index (χ1v) is 7.35. The molecule has 0 radical (unpaired) electrons. The van der Waals surface area contributed by atoms with Crippen molar-refractivity contribution in [3.05, 3.63) is 69.7 Å². The number of halogens is 1. The lowest BCUT2D eigenvalue weighted by atomic mass is 9.54. The van der Waals surface area contributed by atoms with Crippen LogP contribution in [0.15, 0.2) is 42.5 Å². The predicted molar refractivity (Wildman–Crippen MR) is 79.6 cm³/mol. The number of aliphatic hydroxyl groups is 2. The van der Waals surface area contributed by atoms with Gasteiger partial charge in [0.05, 0.1) is 5.92 Å². The van der Waals surface area contributed by atoms with Crippen molar-refractivity contribution in [3.63, 3.8) is 0 Å². The lowest BCUT2D eigenvalue weighted by Crippen LogP contribution is -2.56.